The monoisotopic (exact) mass is 494 g/mol. The number of amides is 1. The minimum atomic E-state index is -0.331. The summed E-state index contributed by atoms with van der Waals surface area (Å²) < 4.78 is 12.8. The van der Waals surface area contributed by atoms with Crippen molar-refractivity contribution in [1.82, 2.24) is 25.1 Å². The first-order valence-corrected chi connectivity index (χ1v) is 11.3. The molecule has 0 saturated heterocycles. The van der Waals surface area contributed by atoms with E-state index < -0.39 is 0 Å². The lowest BCUT2D eigenvalue weighted by molar-refractivity contribution is -0.124. The summed E-state index contributed by atoms with van der Waals surface area (Å²) in [6.07, 6.45) is 3.55. The van der Waals surface area contributed by atoms with E-state index >= 15 is 0 Å². The summed E-state index contributed by atoms with van der Waals surface area (Å²) in [4.78, 5) is 21.6. The first kappa shape index (κ1) is 24.3. The van der Waals surface area contributed by atoms with Gasteiger partial charge in [-0.1, -0.05) is 23.7 Å². The van der Waals surface area contributed by atoms with Crippen LogP contribution in [0, 0.1) is 0 Å². The number of hydrogen-bond donors (Lipinski definition) is 2. The third-order valence-electron chi connectivity index (χ3n) is 4.91. The van der Waals surface area contributed by atoms with Crippen LogP contribution in [0.1, 0.15) is 20.8 Å². The normalized spacial score (nSPS) is 11.4. The molecule has 9 nitrogen and oxygen atoms in total. The van der Waals surface area contributed by atoms with Crippen molar-refractivity contribution in [2.45, 2.75) is 26.3 Å². The van der Waals surface area contributed by atoms with E-state index in [1.54, 1.807) is 42.3 Å². The predicted octanol–water partition coefficient (Wildman–Crippen LogP) is 4.73. The molecule has 0 aliphatic carbocycles. The molecule has 2 aromatic heterocycles. The quantitative estimate of drug-likeness (QED) is 0.383. The van der Waals surface area contributed by atoms with Gasteiger partial charge in [-0.2, -0.15) is 5.10 Å². The lowest BCUT2D eigenvalue weighted by Crippen LogP contribution is -2.43. The lowest BCUT2D eigenvalue weighted by Gasteiger charge is -2.20. The Kier molecular flexibility index (Phi) is 6.79. The number of halogens is 1. The average Bonchev–Trinajstić information content (AvgIpc) is 3.20. The summed E-state index contributed by atoms with van der Waals surface area (Å²) in [5.41, 5.74) is 1.81. The Labute approximate surface area is 208 Å². The average molecular weight is 495 g/mol. The fourth-order valence-electron chi connectivity index (χ4n) is 3.46. The van der Waals surface area contributed by atoms with Crippen molar-refractivity contribution < 1.29 is 14.3 Å². The van der Waals surface area contributed by atoms with E-state index in [2.05, 4.69) is 15.7 Å². The maximum absolute atomic E-state index is 12.1. The highest BCUT2D eigenvalue weighted by molar-refractivity contribution is 6.33. The first-order chi connectivity index (χ1) is 16.6. The van der Waals surface area contributed by atoms with Crippen molar-refractivity contribution in [2.75, 3.05) is 19.0 Å². The number of aromatic nitrogens is 4. The number of ether oxygens (including phenoxy) is 2. The molecule has 10 heteroatoms. The molecule has 0 radical (unpaired) electrons. The third kappa shape index (κ3) is 5.99. The molecule has 4 aromatic rings. The van der Waals surface area contributed by atoms with Gasteiger partial charge in [-0.05, 0) is 45.0 Å². The molecule has 2 aromatic carbocycles. The molecule has 0 saturated carbocycles. The number of aryl methyl sites for hydroxylation is 1. The molecule has 2 N–H and O–H groups in total. The van der Waals surface area contributed by atoms with Gasteiger partial charge >= 0.3 is 0 Å². The zero-order valence-electron chi connectivity index (χ0n) is 20.2. The van der Waals surface area contributed by atoms with Crippen LogP contribution in [0.4, 0.5) is 11.5 Å². The number of carbonyl (C=O) groups excluding carboxylic acids is 1. The molecule has 2 heterocycles. The van der Waals surface area contributed by atoms with Crippen LogP contribution < -0.4 is 20.1 Å². The molecule has 4 rings (SSSR count). The number of rotatable bonds is 7. The van der Waals surface area contributed by atoms with Crippen LogP contribution in [0.15, 0.2) is 48.8 Å². The first-order valence-electron chi connectivity index (χ1n) is 11.0. The van der Waals surface area contributed by atoms with Crippen LogP contribution in [0.2, 0.25) is 5.02 Å². The van der Waals surface area contributed by atoms with Crippen LogP contribution in [0.5, 0.6) is 11.5 Å². The Morgan fingerprint density at radius 3 is 2.66 bits per heavy atom. The van der Waals surface area contributed by atoms with E-state index in [0.717, 1.165) is 16.6 Å². The van der Waals surface area contributed by atoms with Crippen molar-refractivity contribution >= 4 is 39.9 Å². The van der Waals surface area contributed by atoms with Gasteiger partial charge in [-0.25, -0.2) is 9.97 Å². The van der Waals surface area contributed by atoms with E-state index in [9.17, 15) is 4.79 Å². The van der Waals surface area contributed by atoms with Crippen LogP contribution in [-0.4, -0.2) is 44.9 Å². The Hall–Kier alpha value is -3.85. The maximum Gasteiger partial charge on any atom is 0.258 e. The number of fused-ring (bicyclic) bond motifs is 1. The van der Waals surface area contributed by atoms with Crippen molar-refractivity contribution in [2.24, 2.45) is 7.05 Å². The minimum absolute atomic E-state index is 0.0947. The second kappa shape index (κ2) is 9.79. The molecule has 0 atom stereocenters. The zero-order valence-corrected chi connectivity index (χ0v) is 21.0. The predicted molar refractivity (Wildman–Crippen MR) is 136 cm³/mol. The van der Waals surface area contributed by atoms with Gasteiger partial charge in [0.15, 0.2) is 12.4 Å². The van der Waals surface area contributed by atoms with Crippen LogP contribution in [-0.2, 0) is 11.8 Å². The van der Waals surface area contributed by atoms with Gasteiger partial charge in [-0.3, -0.25) is 9.48 Å². The van der Waals surface area contributed by atoms with Gasteiger partial charge in [0.05, 0.1) is 29.5 Å². The maximum atomic E-state index is 12.1. The highest BCUT2D eigenvalue weighted by Crippen LogP contribution is 2.35. The largest absolute Gasteiger partial charge is 0.495 e. The van der Waals surface area contributed by atoms with Gasteiger partial charge < -0.3 is 20.1 Å². The summed E-state index contributed by atoms with van der Waals surface area (Å²) in [5.74, 6) is 1.90. The molecule has 0 aliphatic heterocycles. The van der Waals surface area contributed by atoms with Crippen molar-refractivity contribution in [3.8, 4) is 22.9 Å². The molecule has 0 unspecified atom stereocenters. The smallest absolute Gasteiger partial charge is 0.258 e. The molecule has 0 bridgehead atoms. The van der Waals surface area contributed by atoms with Crippen LogP contribution in [0.25, 0.3) is 22.3 Å². The highest BCUT2D eigenvalue weighted by atomic mass is 35.5. The fraction of sp³-hybridized carbons (Fsp3) is 0.280. The number of hydrogen-bond acceptors (Lipinski definition) is 7. The summed E-state index contributed by atoms with van der Waals surface area (Å²) in [6, 6.07) is 10.8. The van der Waals surface area contributed by atoms with Crippen molar-refractivity contribution in [3.05, 3.63) is 53.8 Å². The van der Waals surface area contributed by atoms with Gasteiger partial charge in [0.2, 0.25) is 0 Å². The Morgan fingerprint density at radius 2 is 1.97 bits per heavy atom. The SMILES string of the molecule is COc1cc2c(Nc3cnn(C)c3)nc(-c3cccc(OCC(=O)NC(C)(C)C)c3)nc2cc1Cl. The molecule has 0 spiro atoms. The summed E-state index contributed by atoms with van der Waals surface area (Å²) >= 11 is 6.38. The standard InChI is InChI=1S/C25H27ClN6O3/c1-25(2,3)31-22(33)14-35-17-8-6-7-15(9-17)23-29-20-11-19(26)21(34-5)10-18(20)24(30-23)28-16-12-27-32(4)13-16/h6-13H,14H2,1-5H3,(H,31,33)(H,28,29,30). The summed E-state index contributed by atoms with van der Waals surface area (Å²) in [7, 11) is 3.40. The van der Waals surface area contributed by atoms with Crippen molar-refractivity contribution in [1.29, 1.82) is 0 Å². The molecule has 0 fully saturated rings. The molecular formula is C25H27ClN6O3. The minimum Gasteiger partial charge on any atom is -0.495 e. The second-order valence-corrected chi connectivity index (χ2v) is 9.45. The van der Waals surface area contributed by atoms with Gasteiger partial charge in [0.25, 0.3) is 5.91 Å². The molecule has 1 amide bonds. The lowest BCUT2D eigenvalue weighted by atomic mass is 10.1. The molecular weight excluding hydrogens is 468 g/mol. The molecule has 0 aliphatic rings. The fourth-order valence-corrected chi connectivity index (χ4v) is 3.70. The second-order valence-electron chi connectivity index (χ2n) is 9.04. The van der Waals surface area contributed by atoms with E-state index in [-0.39, 0.29) is 18.1 Å². The number of carbonyl (C=O) groups is 1. The summed E-state index contributed by atoms with van der Waals surface area (Å²) in [5, 5.41) is 11.6. The third-order valence-corrected chi connectivity index (χ3v) is 5.21. The Balaban J connectivity index is 1.69. The highest BCUT2D eigenvalue weighted by Gasteiger charge is 2.16. The van der Waals surface area contributed by atoms with Gasteiger partial charge in [0, 0.05) is 29.7 Å². The van der Waals surface area contributed by atoms with Gasteiger partial charge in [-0.15, -0.1) is 0 Å². The molecule has 182 valence electrons. The zero-order chi connectivity index (χ0) is 25.2. The van der Waals surface area contributed by atoms with E-state index in [0.29, 0.717) is 33.7 Å². The number of methoxy groups -OCH3 is 1. The van der Waals surface area contributed by atoms with E-state index in [4.69, 9.17) is 31.0 Å². The number of benzene rings is 2. The number of nitrogens with one attached hydrogen (secondary N) is 2. The van der Waals surface area contributed by atoms with Crippen molar-refractivity contribution in [3.63, 3.8) is 0 Å². The Morgan fingerprint density at radius 1 is 1.17 bits per heavy atom. The topological polar surface area (TPSA) is 103 Å². The van der Waals surface area contributed by atoms with Gasteiger partial charge in [0.1, 0.15) is 17.3 Å². The number of anilines is 2. The van der Waals surface area contributed by atoms with E-state index in [1.807, 2.05) is 46.1 Å². The Bertz CT molecular complexity index is 1380. The number of nitrogens with zero attached hydrogens (tertiary/aromatic N) is 4. The van der Waals surface area contributed by atoms with Crippen LogP contribution >= 0.6 is 11.6 Å². The summed E-state index contributed by atoms with van der Waals surface area (Å²) in [6.45, 7) is 5.66. The van der Waals surface area contributed by atoms with E-state index in [1.165, 1.54) is 0 Å². The molecule has 35 heavy (non-hydrogen) atoms. The van der Waals surface area contributed by atoms with Crippen LogP contribution in [0.3, 0.4) is 0 Å².